The molecule has 6 nitrogen and oxygen atoms in total. The Balaban J connectivity index is 1.92. The molecule has 0 bridgehead atoms. The molecule has 1 N–H and O–H groups in total. The van der Waals surface area contributed by atoms with Gasteiger partial charge in [-0.2, -0.15) is 0 Å². The van der Waals surface area contributed by atoms with E-state index in [0.29, 0.717) is 11.3 Å². The Bertz CT molecular complexity index is 747. The molecule has 0 radical (unpaired) electrons. The van der Waals surface area contributed by atoms with Gasteiger partial charge < -0.3 is 10.1 Å². The highest BCUT2D eigenvalue weighted by Gasteiger charge is 2.16. The first-order valence-corrected chi connectivity index (χ1v) is 7.30. The molecular weight excluding hydrogens is 315 g/mol. The number of nitro groups is 1. The fraction of sp³-hybridized carbons (Fsp3) is 0.235. The number of carbonyl (C=O) groups is 1. The molecule has 24 heavy (non-hydrogen) atoms. The molecule has 0 unspecified atom stereocenters. The molecule has 1 atom stereocenters. The van der Waals surface area contributed by atoms with Crippen molar-refractivity contribution < 1.29 is 18.8 Å². The molecule has 7 heteroatoms. The second-order valence-electron chi connectivity index (χ2n) is 5.31. The highest BCUT2D eigenvalue weighted by atomic mass is 19.1. The Morgan fingerprint density at radius 2 is 1.96 bits per heavy atom. The van der Waals surface area contributed by atoms with E-state index in [1.54, 1.807) is 26.0 Å². The van der Waals surface area contributed by atoms with Crippen molar-refractivity contribution in [2.24, 2.45) is 0 Å². The molecule has 0 heterocycles. The first-order valence-electron chi connectivity index (χ1n) is 7.30. The van der Waals surface area contributed by atoms with Gasteiger partial charge in [0.05, 0.1) is 4.92 Å². The van der Waals surface area contributed by atoms with Gasteiger partial charge in [0.2, 0.25) is 0 Å². The molecule has 1 amide bonds. The second kappa shape index (κ2) is 7.54. The number of benzene rings is 2. The summed E-state index contributed by atoms with van der Waals surface area (Å²) < 4.78 is 18.3. The third-order valence-electron chi connectivity index (χ3n) is 3.43. The van der Waals surface area contributed by atoms with Gasteiger partial charge in [0.15, 0.2) is 6.10 Å². The maximum Gasteiger partial charge on any atom is 0.272 e. The van der Waals surface area contributed by atoms with Crippen molar-refractivity contribution >= 4 is 11.6 Å². The lowest BCUT2D eigenvalue weighted by Gasteiger charge is -2.15. The molecular formula is C17H17FN2O4. The van der Waals surface area contributed by atoms with E-state index in [0.717, 1.165) is 5.56 Å². The molecule has 126 valence electrons. The van der Waals surface area contributed by atoms with E-state index in [1.807, 2.05) is 0 Å². The van der Waals surface area contributed by atoms with Crippen molar-refractivity contribution in [3.05, 3.63) is 69.5 Å². The SMILES string of the molecule is Cc1cc(O[C@H](C)C(=O)NCc2ccc(F)cc2)ccc1[N+](=O)[O-]. The van der Waals surface area contributed by atoms with Crippen molar-refractivity contribution in [2.75, 3.05) is 0 Å². The molecule has 2 aromatic rings. The summed E-state index contributed by atoms with van der Waals surface area (Å²) in [6, 6.07) is 10.1. The van der Waals surface area contributed by atoms with Crippen LogP contribution >= 0.6 is 0 Å². The zero-order chi connectivity index (χ0) is 17.7. The molecule has 2 rings (SSSR count). The lowest BCUT2D eigenvalue weighted by Crippen LogP contribution is -2.35. The summed E-state index contributed by atoms with van der Waals surface area (Å²) >= 11 is 0. The normalized spacial score (nSPS) is 11.6. The maximum atomic E-state index is 12.8. The van der Waals surface area contributed by atoms with E-state index in [1.165, 1.54) is 30.3 Å². The number of rotatable bonds is 6. The number of nitrogens with zero attached hydrogens (tertiary/aromatic N) is 1. The zero-order valence-corrected chi connectivity index (χ0v) is 13.3. The van der Waals surface area contributed by atoms with Crippen LogP contribution < -0.4 is 10.1 Å². The molecule has 0 saturated heterocycles. The van der Waals surface area contributed by atoms with E-state index < -0.39 is 11.0 Å². The van der Waals surface area contributed by atoms with Gasteiger partial charge in [0.25, 0.3) is 11.6 Å². The maximum absolute atomic E-state index is 12.8. The zero-order valence-electron chi connectivity index (χ0n) is 13.3. The summed E-state index contributed by atoms with van der Waals surface area (Å²) in [7, 11) is 0. The minimum atomic E-state index is -0.772. The van der Waals surface area contributed by atoms with Crippen molar-refractivity contribution in [2.45, 2.75) is 26.5 Å². The van der Waals surface area contributed by atoms with Gasteiger partial charge >= 0.3 is 0 Å². The van der Waals surface area contributed by atoms with Crippen LogP contribution in [0.15, 0.2) is 42.5 Å². The predicted molar refractivity (Wildman–Crippen MR) is 86.2 cm³/mol. The third kappa shape index (κ3) is 4.52. The largest absolute Gasteiger partial charge is 0.481 e. The molecule has 2 aromatic carbocycles. The number of carbonyl (C=O) groups excluding carboxylic acids is 1. The van der Waals surface area contributed by atoms with Crippen LogP contribution in [0, 0.1) is 22.9 Å². The van der Waals surface area contributed by atoms with Gasteiger partial charge in [-0.25, -0.2) is 4.39 Å². The van der Waals surface area contributed by atoms with Crippen LogP contribution in [-0.2, 0) is 11.3 Å². The standard InChI is InChI=1S/C17H17FN2O4/c1-11-9-15(7-8-16(11)20(22)23)24-12(2)17(21)19-10-13-3-5-14(18)6-4-13/h3-9,12H,10H2,1-2H3,(H,19,21)/t12-/m1/s1. The van der Waals surface area contributed by atoms with Crippen molar-refractivity contribution in [1.29, 1.82) is 0 Å². The smallest absolute Gasteiger partial charge is 0.272 e. The Morgan fingerprint density at radius 1 is 1.29 bits per heavy atom. The Labute approximate surface area is 138 Å². The van der Waals surface area contributed by atoms with Gasteiger partial charge in [-0.1, -0.05) is 12.1 Å². The van der Waals surface area contributed by atoms with E-state index >= 15 is 0 Å². The third-order valence-corrected chi connectivity index (χ3v) is 3.43. The molecule has 0 aliphatic heterocycles. The fourth-order valence-electron chi connectivity index (χ4n) is 2.10. The summed E-state index contributed by atoms with van der Waals surface area (Å²) in [5.74, 6) is -0.298. The number of amides is 1. The average molecular weight is 332 g/mol. The Morgan fingerprint density at radius 3 is 2.54 bits per heavy atom. The fourth-order valence-corrected chi connectivity index (χ4v) is 2.10. The summed E-state index contributed by atoms with van der Waals surface area (Å²) in [5.41, 5.74) is 1.22. The Hall–Kier alpha value is -2.96. The molecule has 0 spiro atoms. The van der Waals surface area contributed by atoms with Crippen molar-refractivity contribution in [1.82, 2.24) is 5.32 Å². The molecule has 0 saturated carbocycles. The lowest BCUT2D eigenvalue weighted by atomic mass is 10.2. The van der Waals surface area contributed by atoms with E-state index in [9.17, 15) is 19.3 Å². The number of ether oxygens (including phenoxy) is 1. The van der Waals surface area contributed by atoms with Gasteiger partial charge in [-0.05, 0) is 43.7 Å². The summed E-state index contributed by atoms with van der Waals surface area (Å²) in [5, 5.41) is 13.5. The highest BCUT2D eigenvalue weighted by molar-refractivity contribution is 5.80. The number of hydrogen-bond acceptors (Lipinski definition) is 4. The monoisotopic (exact) mass is 332 g/mol. The summed E-state index contributed by atoms with van der Waals surface area (Å²) in [6.07, 6.45) is -0.772. The molecule has 0 aliphatic carbocycles. The molecule has 0 aliphatic rings. The first-order chi connectivity index (χ1) is 11.4. The van der Waals surface area contributed by atoms with E-state index in [4.69, 9.17) is 4.74 Å². The van der Waals surface area contributed by atoms with Crippen LogP contribution in [0.4, 0.5) is 10.1 Å². The topological polar surface area (TPSA) is 81.5 Å². The number of nitro benzene ring substituents is 1. The molecule has 0 fully saturated rings. The van der Waals surface area contributed by atoms with Gasteiger partial charge in [-0.3, -0.25) is 14.9 Å². The quantitative estimate of drug-likeness (QED) is 0.651. The minimum absolute atomic E-state index is 0.00392. The van der Waals surface area contributed by atoms with Crippen molar-refractivity contribution in [3.63, 3.8) is 0 Å². The lowest BCUT2D eigenvalue weighted by molar-refractivity contribution is -0.385. The average Bonchev–Trinajstić information content (AvgIpc) is 2.53. The van der Waals surface area contributed by atoms with Crippen molar-refractivity contribution in [3.8, 4) is 5.75 Å². The predicted octanol–water partition coefficient (Wildman–Crippen LogP) is 3.13. The summed E-state index contributed by atoms with van der Waals surface area (Å²) in [4.78, 5) is 22.3. The van der Waals surface area contributed by atoms with E-state index in [-0.39, 0.29) is 24.0 Å². The first kappa shape index (κ1) is 17.4. The number of aryl methyl sites for hydroxylation is 1. The van der Waals surface area contributed by atoms with Crippen LogP contribution in [0.1, 0.15) is 18.1 Å². The van der Waals surface area contributed by atoms with Crippen LogP contribution in [0.3, 0.4) is 0 Å². The van der Waals surface area contributed by atoms with Crippen LogP contribution in [-0.4, -0.2) is 16.9 Å². The highest BCUT2D eigenvalue weighted by Crippen LogP contribution is 2.23. The number of halogens is 1. The summed E-state index contributed by atoms with van der Waals surface area (Å²) in [6.45, 7) is 3.44. The van der Waals surface area contributed by atoms with Crippen LogP contribution in [0.2, 0.25) is 0 Å². The second-order valence-corrected chi connectivity index (χ2v) is 5.31. The van der Waals surface area contributed by atoms with Crippen LogP contribution in [0.25, 0.3) is 0 Å². The van der Waals surface area contributed by atoms with Gasteiger partial charge in [0, 0.05) is 18.2 Å². The minimum Gasteiger partial charge on any atom is -0.481 e. The van der Waals surface area contributed by atoms with Crippen LogP contribution in [0.5, 0.6) is 5.75 Å². The number of hydrogen-bond donors (Lipinski definition) is 1. The molecule has 0 aromatic heterocycles. The Kier molecular flexibility index (Phi) is 5.47. The van der Waals surface area contributed by atoms with E-state index in [2.05, 4.69) is 5.32 Å². The van der Waals surface area contributed by atoms with Gasteiger partial charge in [-0.15, -0.1) is 0 Å². The number of nitrogens with one attached hydrogen (secondary N) is 1. The van der Waals surface area contributed by atoms with Gasteiger partial charge in [0.1, 0.15) is 11.6 Å².